The van der Waals surface area contributed by atoms with Crippen LogP contribution in [0.2, 0.25) is 0 Å². The Kier molecular flexibility index (Phi) is 3.01. The molecule has 2 aliphatic heterocycles. The van der Waals surface area contributed by atoms with Crippen molar-refractivity contribution in [3.63, 3.8) is 0 Å². The number of hydrogen-bond acceptors (Lipinski definition) is 3. The highest BCUT2D eigenvalue weighted by Crippen LogP contribution is 2.34. The molecule has 5 heteroatoms. The summed E-state index contributed by atoms with van der Waals surface area (Å²) >= 11 is 0. The summed E-state index contributed by atoms with van der Waals surface area (Å²) in [6.07, 6.45) is 3.73. The van der Waals surface area contributed by atoms with Gasteiger partial charge in [0.15, 0.2) is 0 Å². The van der Waals surface area contributed by atoms with E-state index in [-0.39, 0.29) is 36.3 Å². The van der Waals surface area contributed by atoms with Gasteiger partial charge < -0.3 is 14.9 Å². The smallest absolute Gasteiger partial charge is 0.245 e. The quantitative estimate of drug-likeness (QED) is 0.759. The van der Waals surface area contributed by atoms with E-state index in [9.17, 15) is 9.59 Å². The molecule has 2 saturated heterocycles. The van der Waals surface area contributed by atoms with Crippen LogP contribution in [0.15, 0.2) is 0 Å². The standard InChI is InChI=1S/C13H20N2O3/c16-8-9-6-14(7-9)13(18)11-2-1-5-15(11)12(17)10-3-4-10/h9-11,16H,1-8H2. The van der Waals surface area contributed by atoms with Crippen molar-refractivity contribution in [2.24, 2.45) is 11.8 Å². The first-order chi connectivity index (χ1) is 8.70. The molecule has 1 unspecified atom stereocenters. The summed E-state index contributed by atoms with van der Waals surface area (Å²) < 4.78 is 0. The molecule has 2 amide bonds. The van der Waals surface area contributed by atoms with E-state index in [1.54, 1.807) is 9.80 Å². The second kappa shape index (κ2) is 4.53. The van der Waals surface area contributed by atoms with Crippen LogP contribution in [-0.2, 0) is 9.59 Å². The molecule has 3 rings (SSSR count). The second-order valence-electron chi connectivity index (χ2n) is 5.76. The molecule has 5 nitrogen and oxygen atoms in total. The highest BCUT2D eigenvalue weighted by Gasteiger charge is 2.43. The maximum absolute atomic E-state index is 12.3. The van der Waals surface area contributed by atoms with Crippen LogP contribution in [0.1, 0.15) is 25.7 Å². The van der Waals surface area contributed by atoms with Crippen LogP contribution in [0.4, 0.5) is 0 Å². The first kappa shape index (κ1) is 12.0. The van der Waals surface area contributed by atoms with Gasteiger partial charge in [0.2, 0.25) is 11.8 Å². The van der Waals surface area contributed by atoms with Gasteiger partial charge in [0.1, 0.15) is 6.04 Å². The Morgan fingerprint density at radius 1 is 1.11 bits per heavy atom. The fourth-order valence-corrected chi connectivity index (χ4v) is 2.93. The van der Waals surface area contributed by atoms with Gasteiger partial charge in [-0.05, 0) is 25.7 Å². The Morgan fingerprint density at radius 3 is 2.44 bits per heavy atom. The minimum Gasteiger partial charge on any atom is -0.396 e. The summed E-state index contributed by atoms with van der Waals surface area (Å²) in [5, 5.41) is 8.97. The second-order valence-corrected chi connectivity index (χ2v) is 5.76. The van der Waals surface area contributed by atoms with Crippen molar-refractivity contribution in [3.8, 4) is 0 Å². The Balaban J connectivity index is 1.60. The number of nitrogens with zero attached hydrogens (tertiary/aromatic N) is 2. The number of carbonyl (C=O) groups excluding carboxylic acids is 2. The van der Waals surface area contributed by atoms with Crippen LogP contribution in [0.3, 0.4) is 0 Å². The Morgan fingerprint density at radius 2 is 1.83 bits per heavy atom. The zero-order valence-corrected chi connectivity index (χ0v) is 10.5. The fraction of sp³-hybridized carbons (Fsp3) is 0.846. The van der Waals surface area contributed by atoms with Crippen LogP contribution >= 0.6 is 0 Å². The first-order valence-electron chi connectivity index (χ1n) is 6.91. The number of likely N-dealkylation sites (tertiary alicyclic amines) is 2. The summed E-state index contributed by atoms with van der Waals surface area (Å²) in [6, 6.07) is -0.224. The normalized spacial score (nSPS) is 28.4. The zero-order chi connectivity index (χ0) is 12.7. The van der Waals surface area contributed by atoms with E-state index in [1.165, 1.54) is 0 Å². The van der Waals surface area contributed by atoms with E-state index in [2.05, 4.69) is 0 Å². The van der Waals surface area contributed by atoms with Gasteiger partial charge in [-0.1, -0.05) is 0 Å². The largest absolute Gasteiger partial charge is 0.396 e. The van der Waals surface area contributed by atoms with Gasteiger partial charge in [0.05, 0.1) is 0 Å². The van der Waals surface area contributed by atoms with Crippen LogP contribution in [-0.4, -0.2) is 59.0 Å². The van der Waals surface area contributed by atoms with Crippen LogP contribution in [0, 0.1) is 11.8 Å². The third-order valence-corrected chi connectivity index (χ3v) is 4.27. The molecule has 18 heavy (non-hydrogen) atoms. The van der Waals surface area contributed by atoms with Gasteiger partial charge >= 0.3 is 0 Å². The molecule has 1 N–H and O–H groups in total. The van der Waals surface area contributed by atoms with Crippen molar-refractivity contribution in [1.29, 1.82) is 0 Å². The van der Waals surface area contributed by atoms with Crippen molar-refractivity contribution >= 4 is 11.8 Å². The highest BCUT2D eigenvalue weighted by atomic mass is 16.3. The number of amides is 2. The molecule has 3 aliphatic rings. The minimum absolute atomic E-state index is 0.0891. The van der Waals surface area contributed by atoms with E-state index >= 15 is 0 Å². The van der Waals surface area contributed by atoms with E-state index < -0.39 is 0 Å². The number of hydrogen-bond donors (Lipinski definition) is 1. The molecular weight excluding hydrogens is 232 g/mol. The molecule has 1 atom stereocenters. The van der Waals surface area contributed by atoms with Crippen molar-refractivity contribution in [3.05, 3.63) is 0 Å². The van der Waals surface area contributed by atoms with Crippen LogP contribution in [0.5, 0.6) is 0 Å². The molecule has 0 bridgehead atoms. The van der Waals surface area contributed by atoms with Crippen molar-refractivity contribution < 1.29 is 14.7 Å². The summed E-state index contributed by atoms with van der Waals surface area (Å²) in [7, 11) is 0. The lowest BCUT2D eigenvalue weighted by molar-refractivity contribution is -0.149. The lowest BCUT2D eigenvalue weighted by Gasteiger charge is -2.41. The molecule has 0 aromatic carbocycles. The van der Waals surface area contributed by atoms with E-state index in [1.807, 2.05) is 0 Å². The van der Waals surface area contributed by atoms with Gasteiger partial charge in [-0.2, -0.15) is 0 Å². The van der Waals surface area contributed by atoms with Gasteiger partial charge in [0, 0.05) is 38.1 Å². The maximum atomic E-state index is 12.3. The molecule has 2 heterocycles. The topological polar surface area (TPSA) is 60.9 Å². The maximum Gasteiger partial charge on any atom is 0.245 e. The third kappa shape index (κ3) is 2.00. The molecular formula is C13H20N2O3. The molecule has 1 aliphatic carbocycles. The van der Waals surface area contributed by atoms with Crippen molar-refractivity contribution in [2.75, 3.05) is 26.2 Å². The Labute approximate surface area is 107 Å². The Bertz CT molecular complexity index is 361. The average Bonchev–Trinajstić information content (AvgIpc) is 3.04. The number of aliphatic hydroxyl groups excluding tert-OH is 1. The lowest BCUT2D eigenvalue weighted by Crippen LogP contribution is -2.57. The molecule has 3 fully saturated rings. The van der Waals surface area contributed by atoms with Crippen LogP contribution < -0.4 is 0 Å². The van der Waals surface area contributed by atoms with Gasteiger partial charge in [-0.15, -0.1) is 0 Å². The molecule has 1 saturated carbocycles. The fourth-order valence-electron chi connectivity index (χ4n) is 2.93. The Hall–Kier alpha value is -1.10. The van der Waals surface area contributed by atoms with Crippen LogP contribution in [0.25, 0.3) is 0 Å². The number of carbonyl (C=O) groups is 2. The zero-order valence-electron chi connectivity index (χ0n) is 10.5. The number of aliphatic hydroxyl groups is 1. The van der Waals surface area contributed by atoms with E-state index in [0.29, 0.717) is 13.1 Å². The van der Waals surface area contributed by atoms with Crippen molar-refractivity contribution in [1.82, 2.24) is 9.80 Å². The summed E-state index contributed by atoms with van der Waals surface area (Å²) in [5.74, 6) is 0.708. The highest BCUT2D eigenvalue weighted by molar-refractivity contribution is 5.90. The predicted molar refractivity (Wildman–Crippen MR) is 64.6 cm³/mol. The summed E-state index contributed by atoms with van der Waals surface area (Å²) in [5.41, 5.74) is 0. The SMILES string of the molecule is O=C(C1CCCN1C(=O)C1CC1)N1CC(CO)C1. The summed E-state index contributed by atoms with van der Waals surface area (Å²) in [6.45, 7) is 2.19. The lowest BCUT2D eigenvalue weighted by atomic mass is 9.99. The molecule has 0 aromatic rings. The predicted octanol–water partition coefficient (Wildman–Crippen LogP) is -0.162. The molecule has 0 radical (unpaired) electrons. The van der Waals surface area contributed by atoms with Gasteiger partial charge in [-0.25, -0.2) is 0 Å². The molecule has 0 spiro atoms. The van der Waals surface area contributed by atoms with Crippen molar-refractivity contribution in [2.45, 2.75) is 31.7 Å². The third-order valence-electron chi connectivity index (χ3n) is 4.27. The van der Waals surface area contributed by atoms with Gasteiger partial charge in [0.25, 0.3) is 0 Å². The number of rotatable bonds is 3. The first-order valence-corrected chi connectivity index (χ1v) is 6.91. The average molecular weight is 252 g/mol. The minimum atomic E-state index is -0.224. The monoisotopic (exact) mass is 252 g/mol. The summed E-state index contributed by atoms with van der Waals surface area (Å²) in [4.78, 5) is 28.0. The molecule has 0 aromatic heterocycles. The van der Waals surface area contributed by atoms with Gasteiger partial charge in [-0.3, -0.25) is 9.59 Å². The molecule has 100 valence electrons. The van der Waals surface area contributed by atoms with E-state index in [4.69, 9.17) is 5.11 Å². The van der Waals surface area contributed by atoms with E-state index in [0.717, 1.165) is 32.2 Å².